The van der Waals surface area contributed by atoms with Crippen molar-refractivity contribution in [1.82, 2.24) is 0 Å². The first kappa shape index (κ1) is 24.2. The first-order valence-corrected chi connectivity index (χ1v) is 15.3. The highest BCUT2D eigenvalue weighted by molar-refractivity contribution is 7.26. The topological polar surface area (TPSA) is 16.4 Å². The third-order valence-electron chi connectivity index (χ3n) is 8.41. The van der Waals surface area contributed by atoms with Gasteiger partial charge in [0.25, 0.3) is 0 Å². The summed E-state index contributed by atoms with van der Waals surface area (Å²) in [7, 11) is 0. The number of fused-ring (bicyclic) bond motifs is 8. The molecule has 2 nitrogen and oxygen atoms in total. The fourth-order valence-corrected chi connectivity index (χ4v) is 7.62. The molecular weight excluding hydrogens is 543 g/mol. The predicted octanol–water partition coefficient (Wildman–Crippen LogP) is 12.2. The summed E-state index contributed by atoms with van der Waals surface area (Å²) < 4.78 is 9.07. The van der Waals surface area contributed by atoms with Crippen LogP contribution in [0.15, 0.2) is 156 Å². The molecule has 0 unspecified atom stereocenters. The van der Waals surface area contributed by atoms with E-state index in [2.05, 4.69) is 150 Å². The molecule has 0 spiro atoms. The maximum Gasteiger partial charge on any atom is 0.144 e. The van der Waals surface area contributed by atoms with Crippen molar-refractivity contribution in [2.75, 3.05) is 4.90 Å². The number of benzene rings is 7. The van der Waals surface area contributed by atoms with Crippen LogP contribution in [0, 0.1) is 0 Å². The van der Waals surface area contributed by atoms with E-state index in [1.165, 1.54) is 42.1 Å². The van der Waals surface area contributed by atoms with Gasteiger partial charge in [0, 0.05) is 37.6 Å². The van der Waals surface area contributed by atoms with Crippen molar-refractivity contribution in [2.45, 2.75) is 0 Å². The number of furan rings is 1. The standard InChI is InChI=1S/C40H25NOS/c1-2-11-26(12-3-1)29-15-10-16-30(23-29)41(31-22-21-27-13-4-5-14-28(27)24-31)35-25-34-32-17-6-8-19-36(32)42-39(34)38-33-18-7-9-20-37(33)43-40(35)38/h1-25H. The van der Waals surface area contributed by atoms with Gasteiger partial charge in [-0.05, 0) is 64.4 Å². The number of rotatable bonds is 4. The Balaban J connectivity index is 1.40. The third-order valence-corrected chi connectivity index (χ3v) is 9.61. The van der Waals surface area contributed by atoms with Gasteiger partial charge in [0.05, 0.1) is 10.4 Å². The molecule has 0 atom stereocenters. The van der Waals surface area contributed by atoms with E-state index in [1.807, 2.05) is 17.4 Å². The van der Waals surface area contributed by atoms with Gasteiger partial charge in [-0.3, -0.25) is 0 Å². The fourth-order valence-electron chi connectivity index (χ4n) is 6.41. The Bertz CT molecular complexity index is 2470. The molecule has 7 aromatic carbocycles. The number of hydrogen-bond donors (Lipinski definition) is 0. The van der Waals surface area contributed by atoms with Crippen LogP contribution in [0.2, 0.25) is 0 Å². The van der Waals surface area contributed by atoms with Crippen molar-refractivity contribution >= 4 is 81.3 Å². The van der Waals surface area contributed by atoms with Crippen LogP contribution in [0.3, 0.4) is 0 Å². The molecule has 0 saturated heterocycles. The van der Waals surface area contributed by atoms with Gasteiger partial charge in [-0.2, -0.15) is 0 Å². The van der Waals surface area contributed by atoms with Crippen molar-refractivity contribution in [2.24, 2.45) is 0 Å². The first-order chi connectivity index (χ1) is 21.3. The Kier molecular flexibility index (Phi) is 5.40. The molecule has 202 valence electrons. The molecule has 0 aliphatic carbocycles. The van der Waals surface area contributed by atoms with Crippen molar-refractivity contribution in [1.29, 1.82) is 0 Å². The third kappa shape index (κ3) is 3.86. The summed E-state index contributed by atoms with van der Waals surface area (Å²) in [6, 6.07) is 54.3. The molecule has 0 fully saturated rings. The maximum atomic E-state index is 6.60. The maximum absolute atomic E-state index is 6.60. The van der Waals surface area contributed by atoms with E-state index in [4.69, 9.17) is 4.42 Å². The average molecular weight is 568 g/mol. The largest absolute Gasteiger partial charge is 0.455 e. The lowest BCUT2D eigenvalue weighted by Crippen LogP contribution is -2.10. The van der Waals surface area contributed by atoms with Crippen LogP contribution in [0.5, 0.6) is 0 Å². The number of para-hydroxylation sites is 1. The monoisotopic (exact) mass is 567 g/mol. The van der Waals surface area contributed by atoms with Crippen LogP contribution in [-0.4, -0.2) is 0 Å². The summed E-state index contributed by atoms with van der Waals surface area (Å²) in [5.74, 6) is 0. The molecule has 9 aromatic rings. The predicted molar refractivity (Wildman–Crippen MR) is 184 cm³/mol. The highest BCUT2D eigenvalue weighted by Gasteiger charge is 2.23. The molecular formula is C40H25NOS. The Hall–Kier alpha value is -5.38. The lowest BCUT2D eigenvalue weighted by Gasteiger charge is -2.27. The molecule has 0 aliphatic rings. The number of hydrogen-bond acceptors (Lipinski definition) is 3. The highest BCUT2D eigenvalue weighted by Crippen LogP contribution is 2.50. The zero-order valence-electron chi connectivity index (χ0n) is 23.2. The second kappa shape index (κ2) is 9.59. The zero-order valence-corrected chi connectivity index (χ0v) is 24.0. The molecule has 0 N–H and O–H groups in total. The van der Waals surface area contributed by atoms with Crippen molar-refractivity contribution in [3.8, 4) is 11.1 Å². The van der Waals surface area contributed by atoms with Gasteiger partial charge < -0.3 is 9.32 Å². The van der Waals surface area contributed by atoms with E-state index in [1.54, 1.807) is 0 Å². The summed E-state index contributed by atoms with van der Waals surface area (Å²) in [5.41, 5.74) is 7.63. The molecule has 43 heavy (non-hydrogen) atoms. The van der Waals surface area contributed by atoms with Crippen LogP contribution in [0.4, 0.5) is 17.1 Å². The van der Waals surface area contributed by atoms with Crippen molar-refractivity contribution in [3.63, 3.8) is 0 Å². The van der Waals surface area contributed by atoms with Gasteiger partial charge in [-0.15, -0.1) is 11.3 Å². The number of nitrogens with zero attached hydrogens (tertiary/aromatic N) is 1. The van der Waals surface area contributed by atoms with Gasteiger partial charge in [-0.1, -0.05) is 109 Å². The molecule has 0 aliphatic heterocycles. The molecule has 0 amide bonds. The van der Waals surface area contributed by atoms with Crippen LogP contribution in [-0.2, 0) is 0 Å². The Morgan fingerprint density at radius 2 is 1.21 bits per heavy atom. The van der Waals surface area contributed by atoms with E-state index < -0.39 is 0 Å². The van der Waals surface area contributed by atoms with Crippen LogP contribution in [0.1, 0.15) is 0 Å². The van der Waals surface area contributed by atoms with Gasteiger partial charge in [0.15, 0.2) is 0 Å². The van der Waals surface area contributed by atoms with E-state index >= 15 is 0 Å². The highest BCUT2D eigenvalue weighted by atomic mass is 32.1. The van der Waals surface area contributed by atoms with E-state index in [0.29, 0.717) is 0 Å². The summed E-state index contributed by atoms with van der Waals surface area (Å²) in [6.45, 7) is 0. The lowest BCUT2D eigenvalue weighted by atomic mass is 10.0. The zero-order chi connectivity index (χ0) is 28.3. The summed E-state index contributed by atoms with van der Waals surface area (Å²) in [5, 5.41) is 7.11. The summed E-state index contributed by atoms with van der Waals surface area (Å²) >= 11 is 1.83. The van der Waals surface area contributed by atoms with Crippen LogP contribution < -0.4 is 4.90 Å². The Morgan fingerprint density at radius 3 is 2.12 bits per heavy atom. The Labute approximate surface area is 252 Å². The SMILES string of the molecule is c1ccc(-c2cccc(N(c3ccc4ccccc4c3)c3cc4c5ccccc5oc4c4c3sc3ccccc34)c2)cc1. The van der Waals surface area contributed by atoms with Crippen molar-refractivity contribution < 1.29 is 4.42 Å². The van der Waals surface area contributed by atoms with E-state index in [-0.39, 0.29) is 0 Å². The molecule has 9 rings (SSSR count). The molecule has 0 bridgehead atoms. The summed E-state index contributed by atoms with van der Waals surface area (Å²) in [6.07, 6.45) is 0. The minimum Gasteiger partial charge on any atom is -0.455 e. The second-order valence-corrected chi connectivity index (χ2v) is 12.0. The van der Waals surface area contributed by atoms with Gasteiger partial charge in [0.1, 0.15) is 11.2 Å². The van der Waals surface area contributed by atoms with Crippen LogP contribution >= 0.6 is 11.3 Å². The minimum absolute atomic E-state index is 0.912. The number of anilines is 3. The van der Waals surface area contributed by atoms with Gasteiger partial charge in [-0.25, -0.2) is 0 Å². The summed E-state index contributed by atoms with van der Waals surface area (Å²) in [4.78, 5) is 2.43. The minimum atomic E-state index is 0.912. The molecule has 2 heterocycles. The van der Waals surface area contributed by atoms with Crippen molar-refractivity contribution in [3.05, 3.63) is 152 Å². The molecule has 0 radical (unpaired) electrons. The molecule has 2 aromatic heterocycles. The fraction of sp³-hybridized carbons (Fsp3) is 0. The van der Waals surface area contributed by atoms with Gasteiger partial charge >= 0.3 is 0 Å². The van der Waals surface area contributed by atoms with E-state index in [9.17, 15) is 0 Å². The van der Waals surface area contributed by atoms with Gasteiger partial charge in [0.2, 0.25) is 0 Å². The average Bonchev–Trinajstić information content (AvgIpc) is 3.64. The normalized spacial score (nSPS) is 11.7. The lowest BCUT2D eigenvalue weighted by molar-refractivity contribution is 0.673. The quantitative estimate of drug-likeness (QED) is 0.210. The number of thiophene rings is 1. The van der Waals surface area contributed by atoms with Crippen LogP contribution in [0.25, 0.3) is 64.0 Å². The molecule has 0 saturated carbocycles. The van der Waals surface area contributed by atoms with E-state index in [0.717, 1.165) is 39.0 Å². The second-order valence-electron chi connectivity index (χ2n) is 11.0. The first-order valence-electron chi connectivity index (χ1n) is 14.5. The molecule has 3 heteroatoms. The Morgan fingerprint density at radius 1 is 0.488 bits per heavy atom. The smallest absolute Gasteiger partial charge is 0.144 e.